The topological polar surface area (TPSA) is 69.3 Å². The van der Waals surface area contributed by atoms with Crippen molar-refractivity contribution in [3.8, 4) is 0 Å². The number of rotatable bonds is 40. The second kappa shape index (κ2) is 41.7. The summed E-state index contributed by atoms with van der Waals surface area (Å²) in [5, 5.41) is 2.92. The number of nitrogens with zero attached hydrogens (tertiary/aromatic N) is 1. The van der Waals surface area contributed by atoms with Gasteiger partial charge in [0.15, 0.2) is 0 Å². The van der Waals surface area contributed by atoms with E-state index >= 15 is 0 Å². The van der Waals surface area contributed by atoms with E-state index in [1.807, 2.05) is 0 Å². The summed E-state index contributed by atoms with van der Waals surface area (Å²) >= 11 is 0. The number of ether oxygens (including phenoxy) is 4. The lowest BCUT2D eigenvalue weighted by molar-refractivity contribution is -0.0178. The zero-order chi connectivity index (χ0) is 38.0. The van der Waals surface area contributed by atoms with Gasteiger partial charge in [0.2, 0.25) is 0 Å². The maximum atomic E-state index is 12.4. The molecule has 53 heavy (non-hydrogen) atoms. The van der Waals surface area contributed by atoms with Crippen LogP contribution in [-0.2, 0) is 18.9 Å². The van der Waals surface area contributed by atoms with Crippen LogP contribution in [-0.4, -0.2) is 82.9 Å². The minimum atomic E-state index is -0.377. The number of amides is 1. The Kier molecular flexibility index (Phi) is 39.1. The van der Waals surface area contributed by atoms with Crippen LogP contribution in [0.3, 0.4) is 0 Å². The molecular formula is C46H88N2O5. The van der Waals surface area contributed by atoms with Crippen molar-refractivity contribution in [2.24, 2.45) is 0 Å². The van der Waals surface area contributed by atoms with Gasteiger partial charge in [-0.15, -0.1) is 0 Å². The Labute approximate surface area is 329 Å². The van der Waals surface area contributed by atoms with E-state index in [1.165, 1.54) is 167 Å². The molecule has 1 aliphatic heterocycles. The number of hydrogen-bond donors (Lipinski definition) is 1. The molecule has 0 bridgehead atoms. The van der Waals surface area contributed by atoms with Crippen molar-refractivity contribution < 1.29 is 23.7 Å². The first-order chi connectivity index (χ1) is 26.3. The molecule has 0 aromatic carbocycles. The first kappa shape index (κ1) is 49.6. The van der Waals surface area contributed by atoms with Crippen LogP contribution in [0.1, 0.15) is 194 Å². The predicted molar refractivity (Wildman–Crippen MR) is 226 cm³/mol. The monoisotopic (exact) mass is 749 g/mol. The molecule has 1 atom stereocenters. The van der Waals surface area contributed by atoms with E-state index in [0.29, 0.717) is 26.4 Å². The first-order valence-corrected chi connectivity index (χ1v) is 23.0. The van der Waals surface area contributed by atoms with E-state index < -0.39 is 0 Å². The molecular weight excluding hydrogens is 661 g/mol. The van der Waals surface area contributed by atoms with Crippen molar-refractivity contribution in [1.82, 2.24) is 10.2 Å². The van der Waals surface area contributed by atoms with Crippen molar-refractivity contribution in [1.29, 1.82) is 0 Å². The van der Waals surface area contributed by atoms with Gasteiger partial charge >= 0.3 is 6.09 Å². The maximum absolute atomic E-state index is 12.4. The largest absolute Gasteiger partial charge is 0.448 e. The predicted octanol–water partition coefficient (Wildman–Crippen LogP) is 12.5. The summed E-state index contributed by atoms with van der Waals surface area (Å²) in [6, 6.07) is 0. The molecule has 1 unspecified atom stereocenters. The maximum Gasteiger partial charge on any atom is 0.407 e. The minimum absolute atomic E-state index is 0.154. The summed E-state index contributed by atoms with van der Waals surface area (Å²) in [4.78, 5) is 14.6. The van der Waals surface area contributed by atoms with Gasteiger partial charge in [0.05, 0.1) is 25.9 Å². The summed E-state index contributed by atoms with van der Waals surface area (Å²) in [6.07, 6.45) is 45.5. The fourth-order valence-corrected chi connectivity index (χ4v) is 6.77. The van der Waals surface area contributed by atoms with Gasteiger partial charge in [-0.2, -0.15) is 0 Å². The smallest absolute Gasteiger partial charge is 0.407 e. The molecule has 312 valence electrons. The molecule has 0 spiro atoms. The second-order valence-corrected chi connectivity index (χ2v) is 15.4. The Balaban J connectivity index is 2.12. The summed E-state index contributed by atoms with van der Waals surface area (Å²) < 4.78 is 23.1. The van der Waals surface area contributed by atoms with Crippen LogP contribution in [0.4, 0.5) is 4.79 Å². The van der Waals surface area contributed by atoms with Crippen LogP contribution >= 0.6 is 0 Å². The highest BCUT2D eigenvalue weighted by molar-refractivity contribution is 5.67. The minimum Gasteiger partial charge on any atom is -0.448 e. The van der Waals surface area contributed by atoms with Crippen molar-refractivity contribution in [2.75, 3.05) is 65.8 Å². The molecule has 1 fully saturated rings. The highest BCUT2D eigenvalue weighted by atomic mass is 16.6. The van der Waals surface area contributed by atoms with Gasteiger partial charge in [-0.1, -0.05) is 154 Å². The number of morpholine rings is 1. The lowest BCUT2D eigenvalue weighted by atomic mass is 10.1. The highest BCUT2D eigenvalue weighted by Crippen LogP contribution is 2.12. The molecule has 0 aromatic heterocycles. The average molecular weight is 749 g/mol. The normalized spacial score (nSPS) is 14.5. The molecule has 0 saturated carbocycles. The molecule has 1 aliphatic rings. The van der Waals surface area contributed by atoms with E-state index in [9.17, 15) is 4.79 Å². The van der Waals surface area contributed by atoms with Gasteiger partial charge in [-0.3, -0.25) is 4.90 Å². The van der Waals surface area contributed by atoms with Gasteiger partial charge in [-0.05, 0) is 64.2 Å². The van der Waals surface area contributed by atoms with Gasteiger partial charge in [0, 0.05) is 39.4 Å². The number of unbranched alkanes of at least 4 members (excludes halogenated alkanes) is 24. The third-order valence-electron chi connectivity index (χ3n) is 10.3. The molecule has 0 aliphatic carbocycles. The van der Waals surface area contributed by atoms with E-state index in [0.717, 1.165) is 52.3 Å². The number of nitrogens with one attached hydrogen (secondary N) is 1. The molecule has 0 aromatic rings. The van der Waals surface area contributed by atoms with E-state index in [-0.39, 0.29) is 12.2 Å². The number of carbonyl (C=O) groups is 1. The van der Waals surface area contributed by atoms with Gasteiger partial charge in [0.25, 0.3) is 0 Å². The van der Waals surface area contributed by atoms with Gasteiger partial charge in [-0.25, -0.2) is 4.79 Å². The fourth-order valence-electron chi connectivity index (χ4n) is 6.77. The third-order valence-corrected chi connectivity index (χ3v) is 10.3. The van der Waals surface area contributed by atoms with Crippen molar-refractivity contribution in [3.05, 3.63) is 24.3 Å². The lowest BCUT2D eigenvalue weighted by Gasteiger charge is -2.26. The quantitative estimate of drug-likeness (QED) is 0.0497. The zero-order valence-corrected chi connectivity index (χ0v) is 35.2. The third kappa shape index (κ3) is 37.3. The molecule has 1 amide bonds. The summed E-state index contributed by atoms with van der Waals surface area (Å²) in [5.74, 6) is 0. The van der Waals surface area contributed by atoms with Crippen LogP contribution in [0.15, 0.2) is 24.3 Å². The van der Waals surface area contributed by atoms with Crippen LogP contribution in [0.2, 0.25) is 0 Å². The fraction of sp³-hybridized carbons (Fsp3) is 0.891. The zero-order valence-electron chi connectivity index (χ0n) is 35.2. The molecule has 1 saturated heterocycles. The number of carbonyl (C=O) groups excluding carboxylic acids is 1. The molecule has 0 radical (unpaired) electrons. The van der Waals surface area contributed by atoms with Crippen LogP contribution < -0.4 is 5.32 Å². The van der Waals surface area contributed by atoms with Crippen LogP contribution in [0.25, 0.3) is 0 Å². The van der Waals surface area contributed by atoms with Crippen molar-refractivity contribution in [3.63, 3.8) is 0 Å². The van der Waals surface area contributed by atoms with Gasteiger partial charge in [0.1, 0.15) is 6.61 Å². The Morgan fingerprint density at radius 2 is 1.02 bits per heavy atom. The molecule has 1 N–H and O–H groups in total. The Hall–Kier alpha value is -1.41. The average Bonchev–Trinajstić information content (AvgIpc) is 3.17. The first-order valence-electron chi connectivity index (χ1n) is 23.0. The number of hydrogen-bond acceptors (Lipinski definition) is 6. The van der Waals surface area contributed by atoms with E-state index in [4.69, 9.17) is 18.9 Å². The van der Waals surface area contributed by atoms with Crippen LogP contribution in [0.5, 0.6) is 0 Å². The second-order valence-electron chi connectivity index (χ2n) is 15.4. The Morgan fingerprint density at radius 1 is 0.585 bits per heavy atom. The molecule has 1 heterocycles. The summed E-state index contributed by atoms with van der Waals surface area (Å²) in [6.45, 7) is 11.4. The molecule has 1 rings (SSSR count). The van der Waals surface area contributed by atoms with Gasteiger partial charge < -0.3 is 24.3 Å². The van der Waals surface area contributed by atoms with Crippen molar-refractivity contribution in [2.45, 2.75) is 200 Å². The summed E-state index contributed by atoms with van der Waals surface area (Å²) in [5.41, 5.74) is 0. The van der Waals surface area contributed by atoms with Crippen molar-refractivity contribution >= 4 is 6.09 Å². The summed E-state index contributed by atoms with van der Waals surface area (Å²) in [7, 11) is 0. The SMILES string of the molecule is CCCCCCCCC=CCCCCCCCCOCC(CNC(=O)OCCN1CCOCC1)OCCCCCCCCC=CCCCCCCCC. The van der Waals surface area contributed by atoms with E-state index in [1.54, 1.807) is 0 Å². The lowest BCUT2D eigenvalue weighted by Crippen LogP contribution is -2.40. The standard InChI is InChI=1S/C46H88N2O5/c1-3-5-7-9-11-13-15-17-19-21-23-25-27-29-31-33-38-51-44-45(43-47-46(49)53-42-37-48-35-40-50-41-36-48)52-39-34-32-30-28-26-24-22-20-18-16-14-12-10-8-6-4-2/h17-20,45H,3-16,21-44H2,1-2H3,(H,47,49). The Bertz CT molecular complexity index is 801. The Morgan fingerprint density at radius 3 is 1.51 bits per heavy atom. The van der Waals surface area contributed by atoms with E-state index in [2.05, 4.69) is 48.4 Å². The number of allylic oxidation sites excluding steroid dienone is 4. The number of alkyl carbamates (subject to hydrolysis) is 1. The molecule has 7 nitrogen and oxygen atoms in total. The van der Waals surface area contributed by atoms with Crippen LogP contribution in [0, 0.1) is 0 Å². The highest BCUT2D eigenvalue weighted by Gasteiger charge is 2.14. The molecule has 7 heteroatoms.